The maximum absolute atomic E-state index is 11.7. The number of nitrogens with zero attached hydrogens (tertiary/aromatic N) is 2. The van der Waals surface area contributed by atoms with Crippen LogP contribution in [0, 0.1) is 17.0 Å². The third kappa shape index (κ3) is 5.06. The van der Waals surface area contributed by atoms with E-state index in [1.807, 2.05) is 31.2 Å². The van der Waals surface area contributed by atoms with E-state index >= 15 is 0 Å². The van der Waals surface area contributed by atoms with Gasteiger partial charge in [-0.15, -0.1) is 0 Å². The molecule has 0 saturated carbocycles. The monoisotopic (exact) mass is 347 g/mol. The van der Waals surface area contributed by atoms with Gasteiger partial charge in [0.1, 0.15) is 5.02 Å². The maximum atomic E-state index is 11.7. The number of oxime groups is 1. The van der Waals surface area contributed by atoms with Crippen LogP contribution in [0.2, 0.25) is 5.02 Å². The van der Waals surface area contributed by atoms with Crippen LogP contribution in [0.25, 0.3) is 0 Å². The molecule has 0 aliphatic heterocycles. The van der Waals surface area contributed by atoms with Gasteiger partial charge < -0.3 is 10.2 Å². The summed E-state index contributed by atoms with van der Waals surface area (Å²) in [6.45, 7) is 1.65. The van der Waals surface area contributed by atoms with E-state index in [-0.39, 0.29) is 23.0 Å². The van der Waals surface area contributed by atoms with E-state index in [1.54, 1.807) is 0 Å². The molecule has 2 aromatic carbocycles. The molecule has 0 fully saturated rings. The summed E-state index contributed by atoms with van der Waals surface area (Å²) in [4.78, 5) is 26.8. The number of nitrogens with one attached hydrogen (secondary N) is 1. The highest BCUT2D eigenvalue weighted by molar-refractivity contribution is 6.32. The number of aryl methyl sites for hydroxylation is 1. The molecule has 0 heterocycles. The molecule has 0 unspecified atom stereocenters. The highest BCUT2D eigenvalue weighted by Gasteiger charge is 2.13. The first-order chi connectivity index (χ1) is 11.5. The maximum Gasteiger partial charge on any atom is 0.289 e. The number of halogens is 1. The number of carbonyl (C=O) groups is 1. The molecule has 1 N–H and O–H groups in total. The lowest BCUT2D eigenvalue weighted by Gasteiger charge is -2.04. The summed E-state index contributed by atoms with van der Waals surface area (Å²) in [5.41, 5.74) is 1.94. The molecule has 7 nitrogen and oxygen atoms in total. The largest absolute Gasteiger partial charge is 0.386 e. The Morgan fingerprint density at radius 2 is 2.04 bits per heavy atom. The third-order valence-electron chi connectivity index (χ3n) is 2.98. The minimum Gasteiger partial charge on any atom is -0.386 e. The van der Waals surface area contributed by atoms with E-state index in [9.17, 15) is 14.9 Å². The number of hydrogen-bond acceptors (Lipinski definition) is 5. The van der Waals surface area contributed by atoms with Crippen LogP contribution in [0.3, 0.4) is 0 Å². The van der Waals surface area contributed by atoms with Crippen LogP contribution in [0.4, 0.5) is 11.4 Å². The lowest BCUT2D eigenvalue weighted by Crippen LogP contribution is -2.17. The molecule has 0 aliphatic carbocycles. The van der Waals surface area contributed by atoms with Crippen molar-refractivity contribution < 1.29 is 14.6 Å². The molecule has 124 valence electrons. The zero-order valence-electron chi connectivity index (χ0n) is 12.7. The Morgan fingerprint density at radius 1 is 1.33 bits per heavy atom. The van der Waals surface area contributed by atoms with Crippen LogP contribution in [0.5, 0.6) is 0 Å². The smallest absolute Gasteiger partial charge is 0.289 e. The molecule has 2 aromatic rings. The van der Waals surface area contributed by atoms with Gasteiger partial charge in [-0.05, 0) is 24.6 Å². The van der Waals surface area contributed by atoms with Crippen molar-refractivity contribution in [2.24, 2.45) is 5.16 Å². The Hall–Kier alpha value is -2.93. The molecule has 0 bridgehead atoms. The molecule has 0 aliphatic rings. The van der Waals surface area contributed by atoms with Gasteiger partial charge in [0.05, 0.1) is 11.1 Å². The molecule has 24 heavy (non-hydrogen) atoms. The quantitative estimate of drug-likeness (QED) is 0.491. The summed E-state index contributed by atoms with van der Waals surface area (Å²) in [6.07, 6.45) is 1.49. The van der Waals surface area contributed by atoms with Crippen LogP contribution < -0.4 is 5.32 Å². The first kappa shape index (κ1) is 17.4. The van der Waals surface area contributed by atoms with Gasteiger partial charge in [-0.1, -0.05) is 46.6 Å². The number of benzene rings is 2. The van der Waals surface area contributed by atoms with Crippen LogP contribution in [-0.2, 0) is 9.63 Å². The van der Waals surface area contributed by atoms with Crippen molar-refractivity contribution in [2.45, 2.75) is 6.92 Å². The second-order valence-electron chi connectivity index (χ2n) is 4.89. The summed E-state index contributed by atoms with van der Waals surface area (Å²) < 4.78 is 0. The first-order valence-electron chi connectivity index (χ1n) is 6.91. The van der Waals surface area contributed by atoms with Crippen LogP contribution in [0.15, 0.2) is 47.6 Å². The summed E-state index contributed by atoms with van der Waals surface area (Å²) >= 11 is 5.70. The number of anilines is 1. The molecule has 8 heteroatoms. The predicted molar refractivity (Wildman–Crippen MR) is 91.5 cm³/mol. The zero-order valence-corrected chi connectivity index (χ0v) is 13.5. The van der Waals surface area contributed by atoms with Gasteiger partial charge in [0.2, 0.25) is 0 Å². The van der Waals surface area contributed by atoms with Crippen molar-refractivity contribution in [3.63, 3.8) is 0 Å². The Labute approximate surface area is 143 Å². The lowest BCUT2D eigenvalue weighted by molar-refractivity contribution is -0.384. The van der Waals surface area contributed by atoms with Crippen molar-refractivity contribution in [3.05, 3.63) is 68.7 Å². The normalized spacial score (nSPS) is 10.6. The predicted octanol–water partition coefficient (Wildman–Crippen LogP) is 3.55. The van der Waals surface area contributed by atoms with Crippen molar-refractivity contribution in [1.29, 1.82) is 0 Å². The SMILES string of the molecule is Cc1ccc(/C=N\OCC(=O)Nc2ccc(Cl)c([N+](=O)[O-])c2)cc1. The van der Waals surface area contributed by atoms with Gasteiger partial charge in [-0.25, -0.2) is 0 Å². The number of carbonyl (C=O) groups excluding carboxylic acids is 1. The summed E-state index contributed by atoms with van der Waals surface area (Å²) in [7, 11) is 0. The van der Waals surface area contributed by atoms with E-state index in [4.69, 9.17) is 16.4 Å². The van der Waals surface area contributed by atoms with E-state index < -0.39 is 10.8 Å². The lowest BCUT2D eigenvalue weighted by atomic mass is 10.2. The summed E-state index contributed by atoms with van der Waals surface area (Å²) in [5, 5.41) is 17.0. The Morgan fingerprint density at radius 3 is 2.71 bits per heavy atom. The molecule has 2 rings (SSSR count). The third-order valence-corrected chi connectivity index (χ3v) is 3.30. The second kappa shape index (κ2) is 8.07. The van der Waals surface area contributed by atoms with Crippen molar-refractivity contribution in [3.8, 4) is 0 Å². The van der Waals surface area contributed by atoms with Gasteiger partial charge in [0, 0.05) is 11.8 Å². The van der Waals surface area contributed by atoms with Crippen LogP contribution in [-0.4, -0.2) is 23.7 Å². The fourth-order valence-electron chi connectivity index (χ4n) is 1.77. The van der Waals surface area contributed by atoms with E-state index in [0.29, 0.717) is 0 Å². The van der Waals surface area contributed by atoms with Gasteiger partial charge in [-0.2, -0.15) is 0 Å². The minimum absolute atomic E-state index is 0.00283. The molecular weight excluding hydrogens is 334 g/mol. The highest BCUT2D eigenvalue weighted by Crippen LogP contribution is 2.27. The van der Waals surface area contributed by atoms with E-state index in [2.05, 4.69) is 10.5 Å². The van der Waals surface area contributed by atoms with E-state index in [1.165, 1.54) is 24.4 Å². The van der Waals surface area contributed by atoms with E-state index in [0.717, 1.165) is 11.1 Å². The Kier molecular flexibility index (Phi) is 5.86. The fourth-order valence-corrected chi connectivity index (χ4v) is 1.96. The molecule has 0 atom stereocenters. The number of nitro benzene ring substituents is 1. The average molecular weight is 348 g/mol. The van der Waals surface area contributed by atoms with Gasteiger partial charge in [0.15, 0.2) is 6.61 Å². The van der Waals surface area contributed by atoms with Crippen molar-refractivity contribution in [1.82, 2.24) is 0 Å². The minimum atomic E-state index is -0.625. The first-order valence-corrected chi connectivity index (χ1v) is 7.29. The van der Waals surface area contributed by atoms with Crippen LogP contribution in [0.1, 0.15) is 11.1 Å². The fraction of sp³-hybridized carbons (Fsp3) is 0.125. The number of nitro groups is 1. The molecule has 0 aromatic heterocycles. The van der Waals surface area contributed by atoms with Crippen molar-refractivity contribution in [2.75, 3.05) is 11.9 Å². The second-order valence-corrected chi connectivity index (χ2v) is 5.30. The summed E-state index contributed by atoms with van der Waals surface area (Å²) in [6, 6.07) is 11.6. The number of hydrogen-bond donors (Lipinski definition) is 1. The molecular formula is C16H14ClN3O4. The van der Waals surface area contributed by atoms with Gasteiger partial charge >= 0.3 is 0 Å². The number of rotatable bonds is 6. The molecule has 0 saturated heterocycles. The van der Waals surface area contributed by atoms with Crippen LogP contribution >= 0.6 is 11.6 Å². The van der Waals surface area contributed by atoms with Gasteiger partial charge in [-0.3, -0.25) is 14.9 Å². The molecule has 0 spiro atoms. The summed E-state index contributed by atoms with van der Waals surface area (Å²) in [5.74, 6) is -0.493. The Balaban J connectivity index is 1.86. The highest BCUT2D eigenvalue weighted by atomic mass is 35.5. The standard InChI is InChI=1S/C16H14ClN3O4/c1-11-2-4-12(5-3-11)9-18-24-10-16(21)19-13-6-7-14(17)15(8-13)20(22)23/h2-9H,10H2,1H3,(H,19,21)/b18-9-. The number of amides is 1. The van der Waals surface area contributed by atoms with Crippen molar-refractivity contribution >= 4 is 35.1 Å². The topological polar surface area (TPSA) is 93.8 Å². The molecule has 1 amide bonds. The molecule has 0 radical (unpaired) electrons. The van der Waals surface area contributed by atoms with Gasteiger partial charge in [0.25, 0.3) is 11.6 Å². The zero-order chi connectivity index (χ0) is 17.5. The average Bonchev–Trinajstić information content (AvgIpc) is 2.55. The Bertz CT molecular complexity index is 775.